The van der Waals surface area contributed by atoms with E-state index in [0.29, 0.717) is 0 Å². The van der Waals surface area contributed by atoms with Crippen LogP contribution < -0.4 is 4.90 Å². The number of fused-ring (bicyclic) bond motifs is 1. The third-order valence-electron chi connectivity index (χ3n) is 4.00. The molecule has 0 unspecified atom stereocenters. The molecular weight excluding hydrogens is 286 g/mol. The summed E-state index contributed by atoms with van der Waals surface area (Å²) in [5.41, 5.74) is 4.33. The Hall–Kier alpha value is -2.43. The van der Waals surface area contributed by atoms with Crippen LogP contribution in [0.25, 0.3) is 16.7 Å². The summed E-state index contributed by atoms with van der Waals surface area (Å²) in [5.74, 6) is 0.944. The van der Waals surface area contributed by atoms with Crippen molar-refractivity contribution in [2.45, 2.75) is 33.6 Å². The van der Waals surface area contributed by atoms with Crippen LogP contribution in [0.4, 0.5) is 5.82 Å². The lowest BCUT2D eigenvalue weighted by atomic mass is 10.1. The Bertz CT molecular complexity index is 801. The third-order valence-corrected chi connectivity index (χ3v) is 4.00. The summed E-state index contributed by atoms with van der Waals surface area (Å²) in [7, 11) is 2.07. The summed E-state index contributed by atoms with van der Waals surface area (Å²) in [6.07, 6.45) is 5.80. The molecule has 23 heavy (non-hydrogen) atoms. The molecule has 0 aliphatic rings. The molecule has 0 radical (unpaired) electrons. The molecule has 0 aliphatic heterocycles. The minimum Gasteiger partial charge on any atom is -0.359 e. The van der Waals surface area contributed by atoms with E-state index in [9.17, 15) is 0 Å². The molecule has 0 atom stereocenters. The van der Waals surface area contributed by atoms with Gasteiger partial charge in [-0.3, -0.25) is 0 Å². The highest BCUT2D eigenvalue weighted by molar-refractivity contribution is 5.87. The van der Waals surface area contributed by atoms with Crippen LogP contribution in [-0.4, -0.2) is 33.3 Å². The van der Waals surface area contributed by atoms with Crippen LogP contribution in [0.15, 0.2) is 30.7 Å². The minimum atomic E-state index is 0.850. The second-order valence-electron chi connectivity index (χ2n) is 6.11. The number of hydrogen-bond acceptors (Lipinski definition) is 4. The molecule has 0 saturated heterocycles. The lowest BCUT2D eigenvalue weighted by Crippen LogP contribution is -2.19. The minimum absolute atomic E-state index is 0.850. The van der Waals surface area contributed by atoms with Crippen molar-refractivity contribution in [2.24, 2.45) is 0 Å². The van der Waals surface area contributed by atoms with Gasteiger partial charge in [0.25, 0.3) is 0 Å². The van der Waals surface area contributed by atoms with Gasteiger partial charge in [-0.15, -0.1) is 0 Å². The zero-order valence-electron chi connectivity index (χ0n) is 14.2. The largest absolute Gasteiger partial charge is 0.359 e. The van der Waals surface area contributed by atoms with Gasteiger partial charge in [0.1, 0.15) is 12.1 Å². The molecule has 0 aliphatic carbocycles. The molecule has 0 amide bonds. The maximum atomic E-state index is 4.56. The van der Waals surface area contributed by atoms with Crippen LogP contribution in [0.2, 0.25) is 0 Å². The van der Waals surface area contributed by atoms with Crippen molar-refractivity contribution in [1.82, 2.24) is 19.7 Å². The molecule has 120 valence electrons. The quantitative estimate of drug-likeness (QED) is 0.721. The molecule has 1 aromatic carbocycles. The average Bonchev–Trinajstić information content (AvgIpc) is 2.95. The number of nitrogens with zero attached hydrogens (tertiary/aromatic N) is 5. The van der Waals surface area contributed by atoms with Gasteiger partial charge < -0.3 is 4.90 Å². The summed E-state index contributed by atoms with van der Waals surface area (Å²) in [6, 6.07) is 6.41. The highest BCUT2D eigenvalue weighted by Gasteiger charge is 2.14. The first kappa shape index (κ1) is 15.5. The van der Waals surface area contributed by atoms with Crippen molar-refractivity contribution in [3.8, 4) is 5.69 Å². The Morgan fingerprint density at radius 3 is 2.52 bits per heavy atom. The predicted octanol–water partition coefficient (Wildman–Crippen LogP) is 3.67. The van der Waals surface area contributed by atoms with Crippen LogP contribution >= 0.6 is 0 Å². The van der Waals surface area contributed by atoms with E-state index < -0.39 is 0 Å². The second-order valence-corrected chi connectivity index (χ2v) is 6.11. The summed E-state index contributed by atoms with van der Waals surface area (Å²) < 4.78 is 1.90. The van der Waals surface area contributed by atoms with E-state index in [-0.39, 0.29) is 0 Å². The molecule has 2 heterocycles. The standard InChI is InChI=1S/C18H23N5/c1-5-6-7-22(4)17-16-11-21-23(18(16)20-12-19-17)15-9-13(2)8-14(3)10-15/h8-12H,5-7H2,1-4H3. The van der Waals surface area contributed by atoms with Gasteiger partial charge in [0.15, 0.2) is 5.65 Å². The molecular formula is C18H23N5. The summed E-state index contributed by atoms with van der Waals surface area (Å²) in [6.45, 7) is 7.38. The maximum absolute atomic E-state index is 4.56. The fourth-order valence-corrected chi connectivity index (χ4v) is 2.90. The fourth-order valence-electron chi connectivity index (χ4n) is 2.90. The number of aryl methyl sites for hydroxylation is 2. The van der Waals surface area contributed by atoms with Gasteiger partial charge in [-0.1, -0.05) is 19.4 Å². The van der Waals surface area contributed by atoms with E-state index in [4.69, 9.17) is 0 Å². The Kier molecular flexibility index (Phi) is 4.28. The maximum Gasteiger partial charge on any atom is 0.168 e. The van der Waals surface area contributed by atoms with Gasteiger partial charge >= 0.3 is 0 Å². The monoisotopic (exact) mass is 309 g/mol. The zero-order valence-corrected chi connectivity index (χ0v) is 14.2. The SMILES string of the molecule is CCCCN(C)c1ncnc2c1cnn2-c1cc(C)cc(C)c1. The molecule has 0 bridgehead atoms. The normalized spacial score (nSPS) is 11.1. The summed E-state index contributed by atoms with van der Waals surface area (Å²) in [4.78, 5) is 11.1. The van der Waals surface area contributed by atoms with Crippen molar-refractivity contribution in [2.75, 3.05) is 18.5 Å². The third kappa shape index (κ3) is 3.04. The van der Waals surface area contributed by atoms with E-state index in [1.165, 1.54) is 17.5 Å². The van der Waals surface area contributed by atoms with Crippen LogP contribution in [0.1, 0.15) is 30.9 Å². The predicted molar refractivity (Wildman–Crippen MR) is 94.3 cm³/mol. The molecule has 3 aromatic rings. The van der Waals surface area contributed by atoms with E-state index in [1.54, 1.807) is 6.33 Å². The van der Waals surface area contributed by atoms with Crippen molar-refractivity contribution >= 4 is 16.9 Å². The van der Waals surface area contributed by atoms with E-state index in [2.05, 4.69) is 66.0 Å². The second kappa shape index (κ2) is 6.36. The van der Waals surface area contributed by atoms with Gasteiger partial charge in [0.2, 0.25) is 0 Å². The molecule has 2 aromatic heterocycles. The molecule has 0 N–H and O–H groups in total. The van der Waals surface area contributed by atoms with Crippen LogP contribution in [0, 0.1) is 13.8 Å². The topological polar surface area (TPSA) is 46.8 Å². The first-order valence-electron chi connectivity index (χ1n) is 8.08. The number of hydrogen-bond donors (Lipinski definition) is 0. The van der Waals surface area contributed by atoms with Gasteiger partial charge in [0.05, 0.1) is 17.3 Å². The lowest BCUT2D eigenvalue weighted by molar-refractivity contribution is 0.761. The fraction of sp³-hybridized carbons (Fsp3) is 0.389. The van der Waals surface area contributed by atoms with Crippen molar-refractivity contribution < 1.29 is 0 Å². The zero-order chi connectivity index (χ0) is 16.4. The average molecular weight is 309 g/mol. The van der Waals surface area contributed by atoms with E-state index >= 15 is 0 Å². The number of unbranched alkanes of at least 4 members (excludes halogenated alkanes) is 1. The lowest BCUT2D eigenvalue weighted by Gasteiger charge is -2.18. The number of benzene rings is 1. The number of anilines is 1. The van der Waals surface area contributed by atoms with E-state index in [0.717, 1.165) is 35.5 Å². The van der Waals surface area contributed by atoms with Crippen molar-refractivity contribution in [3.05, 3.63) is 41.9 Å². The smallest absolute Gasteiger partial charge is 0.168 e. The first-order valence-corrected chi connectivity index (χ1v) is 8.08. The Morgan fingerprint density at radius 2 is 1.83 bits per heavy atom. The highest BCUT2D eigenvalue weighted by atomic mass is 15.3. The van der Waals surface area contributed by atoms with E-state index in [1.807, 2.05) is 10.9 Å². The van der Waals surface area contributed by atoms with Crippen molar-refractivity contribution in [1.29, 1.82) is 0 Å². The Labute approximate surface area is 137 Å². The number of rotatable bonds is 5. The van der Waals surface area contributed by atoms with Crippen LogP contribution in [0.3, 0.4) is 0 Å². The first-order chi connectivity index (χ1) is 11.1. The molecule has 0 fully saturated rings. The van der Waals surface area contributed by atoms with Gasteiger partial charge in [-0.25, -0.2) is 14.6 Å². The molecule has 5 nitrogen and oxygen atoms in total. The molecule has 0 saturated carbocycles. The van der Waals surface area contributed by atoms with Gasteiger partial charge in [0, 0.05) is 13.6 Å². The van der Waals surface area contributed by atoms with Crippen molar-refractivity contribution in [3.63, 3.8) is 0 Å². The highest BCUT2D eigenvalue weighted by Crippen LogP contribution is 2.24. The Morgan fingerprint density at radius 1 is 1.09 bits per heavy atom. The molecule has 0 spiro atoms. The molecule has 3 rings (SSSR count). The molecule has 5 heteroatoms. The van der Waals surface area contributed by atoms with Gasteiger partial charge in [-0.2, -0.15) is 5.10 Å². The van der Waals surface area contributed by atoms with Crippen LogP contribution in [-0.2, 0) is 0 Å². The van der Waals surface area contributed by atoms with Crippen LogP contribution in [0.5, 0.6) is 0 Å². The Balaban J connectivity index is 2.07. The summed E-state index contributed by atoms with van der Waals surface area (Å²) in [5, 5.41) is 5.55. The van der Waals surface area contributed by atoms with Gasteiger partial charge in [-0.05, 0) is 43.5 Å². The summed E-state index contributed by atoms with van der Waals surface area (Å²) >= 11 is 0. The number of aromatic nitrogens is 4.